The van der Waals surface area contributed by atoms with E-state index in [1.165, 1.54) is 5.69 Å². The van der Waals surface area contributed by atoms with Crippen LogP contribution in [0.4, 0.5) is 5.69 Å². The molecule has 1 fully saturated rings. The van der Waals surface area contributed by atoms with E-state index in [9.17, 15) is 4.79 Å². The number of amides is 1. The largest absolute Gasteiger partial charge is 0.367 e. The molecule has 3 rings (SSSR count). The van der Waals surface area contributed by atoms with Gasteiger partial charge in [-0.25, -0.2) is 0 Å². The van der Waals surface area contributed by atoms with Crippen molar-refractivity contribution in [2.24, 2.45) is 0 Å². The van der Waals surface area contributed by atoms with Gasteiger partial charge in [-0.2, -0.15) is 5.10 Å². The molecule has 22 heavy (non-hydrogen) atoms. The summed E-state index contributed by atoms with van der Waals surface area (Å²) in [6.07, 6.45) is 1.70. The van der Waals surface area contributed by atoms with Crippen molar-refractivity contribution in [1.82, 2.24) is 19.7 Å². The number of anilines is 1. The van der Waals surface area contributed by atoms with E-state index in [2.05, 4.69) is 32.7 Å². The van der Waals surface area contributed by atoms with E-state index in [4.69, 9.17) is 0 Å². The summed E-state index contributed by atoms with van der Waals surface area (Å²) >= 11 is 0. The van der Waals surface area contributed by atoms with Gasteiger partial charge in [-0.1, -0.05) is 0 Å². The molecule has 0 atom stereocenters. The molecule has 1 saturated heterocycles. The Kier molecular flexibility index (Phi) is 3.60. The number of carbonyl (C=O) groups excluding carboxylic acids is 1. The molecule has 1 amide bonds. The lowest BCUT2D eigenvalue weighted by atomic mass is 10.1. The van der Waals surface area contributed by atoms with E-state index in [0.717, 1.165) is 24.5 Å². The van der Waals surface area contributed by atoms with Crippen molar-refractivity contribution < 1.29 is 4.79 Å². The highest BCUT2D eigenvalue weighted by Gasteiger charge is 2.30. The lowest BCUT2D eigenvalue weighted by Gasteiger charge is -2.41. The van der Waals surface area contributed by atoms with Gasteiger partial charge in [0, 0.05) is 44.8 Å². The van der Waals surface area contributed by atoms with Crippen LogP contribution in [0.1, 0.15) is 27.9 Å². The Morgan fingerprint density at radius 1 is 1.27 bits per heavy atom. The molecule has 0 bridgehead atoms. The Bertz CT molecular complexity index is 700. The molecule has 0 aliphatic carbocycles. The summed E-state index contributed by atoms with van der Waals surface area (Å²) in [5, 5.41) is 4.55. The molecule has 1 aliphatic heterocycles. The van der Waals surface area contributed by atoms with Crippen molar-refractivity contribution in [1.29, 1.82) is 0 Å². The van der Waals surface area contributed by atoms with Gasteiger partial charge >= 0.3 is 0 Å². The predicted octanol–water partition coefficient (Wildman–Crippen LogP) is 1.66. The van der Waals surface area contributed by atoms with Crippen molar-refractivity contribution in [2.75, 3.05) is 32.1 Å². The van der Waals surface area contributed by atoms with Crippen molar-refractivity contribution in [3.8, 4) is 0 Å². The maximum atomic E-state index is 12.0. The van der Waals surface area contributed by atoms with Crippen LogP contribution in [0.3, 0.4) is 0 Å². The number of aryl methyl sites for hydroxylation is 2. The average molecular weight is 299 g/mol. The maximum absolute atomic E-state index is 12.0. The van der Waals surface area contributed by atoms with Gasteiger partial charge in [-0.05, 0) is 32.0 Å². The van der Waals surface area contributed by atoms with Gasteiger partial charge in [-0.15, -0.1) is 0 Å². The molecule has 6 nitrogen and oxygen atoms in total. The van der Waals surface area contributed by atoms with Gasteiger partial charge in [0.05, 0.1) is 11.7 Å². The normalized spacial score (nSPS) is 14.8. The second-order valence-corrected chi connectivity index (χ2v) is 6.03. The zero-order valence-corrected chi connectivity index (χ0v) is 13.4. The van der Waals surface area contributed by atoms with Crippen LogP contribution in [0.2, 0.25) is 0 Å². The van der Waals surface area contributed by atoms with Gasteiger partial charge in [0.25, 0.3) is 5.91 Å². The minimum absolute atomic E-state index is 0.0718. The van der Waals surface area contributed by atoms with Crippen LogP contribution in [0.5, 0.6) is 0 Å². The highest BCUT2D eigenvalue weighted by molar-refractivity contribution is 5.92. The molecular weight excluding hydrogens is 278 g/mol. The minimum Gasteiger partial charge on any atom is -0.367 e. The molecular formula is C16H21N5O. The molecule has 2 aromatic heterocycles. The fourth-order valence-corrected chi connectivity index (χ4v) is 2.80. The second kappa shape index (κ2) is 5.44. The molecule has 0 radical (unpaired) electrons. The molecule has 0 aromatic carbocycles. The first-order chi connectivity index (χ1) is 10.5. The first-order valence-electron chi connectivity index (χ1n) is 7.41. The van der Waals surface area contributed by atoms with Crippen molar-refractivity contribution >= 4 is 11.6 Å². The first kappa shape index (κ1) is 14.6. The molecule has 2 aromatic rings. The van der Waals surface area contributed by atoms with E-state index in [-0.39, 0.29) is 5.91 Å². The maximum Gasteiger partial charge on any atom is 0.272 e. The first-order valence-corrected chi connectivity index (χ1v) is 7.41. The molecule has 0 saturated carbocycles. The Hall–Kier alpha value is -2.37. The van der Waals surface area contributed by atoms with Crippen LogP contribution in [0, 0.1) is 13.8 Å². The highest BCUT2D eigenvalue weighted by atomic mass is 16.2. The van der Waals surface area contributed by atoms with Crippen molar-refractivity contribution in [2.45, 2.75) is 19.9 Å². The van der Waals surface area contributed by atoms with Crippen LogP contribution in [-0.2, 0) is 0 Å². The van der Waals surface area contributed by atoms with Crippen LogP contribution >= 0.6 is 0 Å². The number of nitrogens with zero attached hydrogens (tertiary/aromatic N) is 5. The lowest BCUT2D eigenvalue weighted by molar-refractivity contribution is 0.0822. The minimum atomic E-state index is -0.0718. The summed E-state index contributed by atoms with van der Waals surface area (Å²) in [5.41, 5.74) is 3.77. The van der Waals surface area contributed by atoms with E-state index in [1.54, 1.807) is 25.2 Å². The molecule has 0 N–H and O–H groups in total. The second-order valence-electron chi connectivity index (χ2n) is 6.03. The summed E-state index contributed by atoms with van der Waals surface area (Å²) in [7, 11) is 3.47. The number of aromatic nitrogens is 3. The lowest BCUT2D eigenvalue weighted by Crippen LogP contribution is -2.48. The molecule has 0 spiro atoms. The molecule has 3 heterocycles. The zero-order chi connectivity index (χ0) is 15.9. The Morgan fingerprint density at radius 2 is 2.00 bits per heavy atom. The monoisotopic (exact) mass is 299 g/mol. The number of carbonyl (C=O) groups is 1. The number of rotatable bonds is 3. The molecule has 116 valence electrons. The predicted molar refractivity (Wildman–Crippen MR) is 85.2 cm³/mol. The Balaban J connectivity index is 1.72. The van der Waals surface area contributed by atoms with Crippen LogP contribution in [-0.4, -0.2) is 52.8 Å². The van der Waals surface area contributed by atoms with Crippen LogP contribution in [0.15, 0.2) is 24.4 Å². The van der Waals surface area contributed by atoms with Crippen LogP contribution in [0.25, 0.3) is 0 Å². The van der Waals surface area contributed by atoms with Crippen LogP contribution < -0.4 is 4.90 Å². The molecule has 6 heteroatoms. The van der Waals surface area contributed by atoms with E-state index >= 15 is 0 Å². The standard InChI is InChI=1S/C16H21N5O/c1-11-7-12(2)21(18-11)14-9-20(10-14)13-5-6-17-15(8-13)16(22)19(3)4/h5-8,14H,9-10H2,1-4H3. The third kappa shape index (κ3) is 2.56. The topological polar surface area (TPSA) is 54.3 Å². The summed E-state index contributed by atoms with van der Waals surface area (Å²) in [5.74, 6) is -0.0718. The fraction of sp³-hybridized carbons (Fsp3) is 0.438. The highest BCUT2D eigenvalue weighted by Crippen LogP contribution is 2.28. The smallest absolute Gasteiger partial charge is 0.272 e. The summed E-state index contributed by atoms with van der Waals surface area (Å²) in [6, 6.07) is 6.31. The van der Waals surface area contributed by atoms with E-state index in [0.29, 0.717) is 11.7 Å². The average Bonchev–Trinajstić information content (AvgIpc) is 2.75. The fourth-order valence-electron chi connectivity index (χ4n) is 2.80. The Morgan fingerprint density at radius 3 is 2.59 bits per heavy atom. The number of hydrogen-bond acceptors (Lipinski definition) is 4. The molecule has 0 unspecified atom stereocenters. The van der Waals surface area contributed by atoms with Gasteiger partial charge in [0.15, 0.2) is 0 Å². The number of hydrogen-bond donors (Lipinski definition) is 0. The van der Waals surface area contributed by atoms with Crippen molar-refractivity contribution in [3.63, 3.8) is 0 Å². The van der Waals surface area contributed by atoms with Gasteiger partial charge in [0.2, 0.25) is 0 Å². The van der Waals surface area contributed by atoms with Crippen molar-refractivity contribution in [3.05, 3.63) is 41.5 Å². The van der Waals surface area contributed by atoms with E-state index < -0.39 is 0 Å². The third-order valence-corrected chi connectivity index (χ3v) is 3.99. The Labute approximate surface area is 130 Å². The number of pyridine rings is 1. The zero-order valence-electron chi connectivity index (χ0n) is 13.4. The van der Waals surface area contributed by atoms with Gasteiger partial charge in [-0.3, -0.25) is 14.5 Å². The summed E-state index contributed by atoms with van der Waals surface area (Å²) < 4.78 is 2.10. The third-order valence-electron chi connectivity index (χ3n) is 3.99. The summed E-state index contributed by atoms with van der Waals surface area (Å²) in [6.45, 7) is 5.91. The molecule has 1 aliphatic rings. The van der Waals surface area contributed by atoms with E-state index in [1.807, 2.05) is 19.1 Å². The summed E-state index contributed by atoms with van der Waals surface area (Å²) in [4.78, 5) is 19.9. The van der Waals surface area contributed by atoms with Gasteiger partial charge in [0.1, 0.15) is 5.69 Å². The SMILES string of the molecule is Cc1cc(C)n(C2CN(c3ccnc(C(=O)N(C)C)c3)C2)n1. The van der Waals surface area contributed by atoms with Gasteiger partial charge < -0.3 is 9.80 Å². The quantitative estimate of drug-likeness (QED) is 0.865.